The second-order valence-corrected chi connectivity index (χ2v) is 10.8. The van der Waals surface area contributed by atoms with E-state index in [4.69, 9.17) is 10.4 Å². The molecule has 0 aromatic heterocycles. The number of allylic oxidation sites excluding steroid dienone is 6. The summed E-state index contributed by atoms with van der Waals surface area (Å²) in [4.78, 5) is 11.9. The molecule has 35 heavy (non-hydrogen) atoms. The quantitative estimate of drug-likeness (QED) is 0.282. The molecule has 1 fully saturated rings. The second kappa shape index (κ2) is 11.2. The van der Waals surface area contributed by atoms with E-state index in [0.717, 1.165) is 35.3 Å². The van der Waals surface area contributed by atoms with E-state index in [-0.39, 0.29) is 6.04 Å². The fourth-order valence-electron chi connectivity index (χ4n) is 5.22. The van der Waals surface area contributed by atoms with Crippen molar-refractivity contribution in [1.82, 2.24) is 4.90 Å². The van der Waals surface area contributed by atoms with Gasteiger partial charge in [-0.15, -0.1) is 0 Å². The molecule has 1 aromatic carbocycles. The highest BCUT2D eigenvalue weighted by Gasteiger charge is 2.30. The topological polar surface area (TPSA) is 51.8 Å². The van der Waals surface area contributed by atoms with Crippen molar-refractivity contribution in [3.63, 3.8) is 0 Å². The SMILES string of the molecule is CC1C=C(C2=C(CCCCC3(C)CCC3)N=C(c3cccc(/C(C=N)=C/N(C)C)c3)CC=C2)C=N1. The van der Waals surface area contributed by atoms with Gasteiger partial charge in [-0.1, -0.05) is 56.2 Å². The monoisotopic (exact) mass is 468 g/mol. The summed E-state index contributed by atoms with van der Waals surface area (Å²) in [6.07, 6.45) is 21.9. The first kappa shape index (κ1) is 25.1. The van der Waals surface area contributed by atoms with Crippen molar-refractivity contribution in [3.8, 4) is 0 Å². The summed E-state index contributed by atoms with van der Waals surface area (Å²) in [6, 6.07) is 8.70. The predicted molar refractivity (Wildman–Crippen MR) is 151 cm³/mol. The molecular formula is C31H40N4. The maximum Gasteiger partial charge on any atom is 0.0661 e. The second-order valence-electron chi connectivity index (χ2n) is 10.8. The van der Waals surface area contributed by atoms with Crippen molar-refractivity contribution in [3.05, 3.63) is 76.7 Å². The van der Waals surface area contributed by atoms with Crippen LogP contribution in [0.4, 0.5) is 0 Å². The summed E-state index contributed by atoms with van der Waals surface area (Å²) in [5.74, 6) is 0. The van der Waals surface area contributed by atoms with Crippen LogP contribution in [0, 0.1) is 10.8 Å². The highest BCUT2D eigenvalue weighted by molar-refractivity contribution is 6.10. The van der Waals surface area contributed by atoms with Gasteiger partial charge in [-0.3, -0.25) is 9.98 Å². The Balaban J connectivity index is 1.62. The zero-order valence-electron chi connectivity index (χ0n) is 21.8. The zero-order chi connectivity index (χ0) is 24.8. The number of hydrogen-bond donors (Lipinski definition) is 1. The van der Waals surface area contributed by atoms with Gasteiger partial charge in [-0.05, 0) is 67.2 Å². The Morgan fingerprint density at radius 1 is 1.23 bits per heavy atom. The van der Waals surface area contributed by atoms with Gasteiger partial charge in [-0.2, -0.15) is 0 Å². The third-order valence-corrected chi connectivity index (χ3v) is 7.44. The number of hydrogen-bond acceptors (Lipinski definition) is 4. The molecule has 0 saturated heterocycles. The number of nitrogens with one attached hydrogen (secondary N) is 1. The molecule has 0 spiro atoms. The van der Waals surface area contributed by atoms with Crippen LogP contribution in [0.5, 0.6) is 0 Å². The van der Waals surface area contributed by atoms with E-state index in [1.807, 2.05) is 31.4 Å². The molecule has 2 aliphatic heterocycles. The van der Waals surface area contributed by atoms with E-state index >= 15 is 0 Å². The Kier molecular flexibility index (Phi) is 8.00. The molecule has 0 amide bonds. The summed E-state index contributed by atoms with van der Waals surface area (Å²) < 4.78 is 0. The van der Waals surface area contributed by atoms with Crippen molar-refractivity contribution in [2.45, 2.75) is 71.3 Å². The summed E-state index contributed by atoms with van der Waals surface area (Å²) in [5, 5.41) is 7.88. The molecule has 1 aromatic rings. The van der Waals surface area contributed by atoms with Crippen LogP contribution in [-0.4, -0.2) is 43.2 Å². The Bertz CT molecular complexity index is 1120. The molecule has 1 saturated carbocycles. The minimum atomic E-state index is 0.233. The largest absolute Gasteiger partial charge is 0.383 e. The van der Waals surface area contributed by atoms with E-state index in [1.54, 1.807) is 0 Å². The Morgan fingerprint density at radius 2 is 2.06 bits per heavy atom. The van der Waals surface area contributed by atoms with Gasteiger partial charge in [0, 0.05) is 56.0 Å². The molecule has 184 valence electrons. The van der Waals surface area contributed by atoms with E-state index in [1.165, 1.54) is 61.6 Å². The average Bonchev–Trinajstić information content (AvgIpc) is 3.14. The van der Waals surface area contributed by atoms with Crippen LogP contribution in [-0.2, 0) is 0 Å². The molecule has 4 rings (SSSR count). The van der Waals surface area contributed by atoms with Gasteiger partial charge >= 0.3 is 0 Å². The smallest absolute Gasteiger partial charge is 0.0661 e. The standard InChI is InChI=1S/C31H40N4/c1-23-18-26(21-33-23)28-12-8-14-29(34-30(28)13-5-6-15-31(2)16-9-17-31)25-11-7-10-24(19-25)27(20-32)22-35(3)4/h7-8,10-12,18-23,32H,5-6,9,13-17H2,1-4H3/b27-22+,32-20?. The van der Waals surface area contributed by atoms with Gasteiger partial charge in [0.2, 0.25) is 0 Å². The third kappa shape index (κ3) is 6.36. The minimum Gasteiger partial charge on any atom is -0.383 e. The lowest BCUT2D eigenvalue weighted by atomic mass is 9.67. The average molecular weight is 469 g/mol. The van der Waals surface area contributed by atoms with Gasteiger partial charge in [0.25, 0.3) is 0 Å². The first-order valence-electron chi connectivity index (χ1n) is 13.1. The van der Waals surface area contributed by atoms with Crippen molar-refractivity contribution in [2.75, 3.05) is 14.1 Å². The molecule has 1 N–H and O–H groups in total. The van der Waals surface area contributed by atoms with E-state index in [0.29, 0.717) is 5.41 Å². The first-order valence-corrected chi connectivity index (χ1v) is 13.1. The Hall–Kier alpha value is -3.01. The van der Waals surface area contributed by atoms with Crippen LogP contribution in [0.15, 0.2) is 75.5 Å². The number of nitrogens with zero attached hydrogens (tertiary/aromatic N) is 3. The fraction of sp³-hybridized carbons (Fsp3) is 0.452. The molecule has 4 heteroatoms. The van der Waals surface area contributed by atoms with Gasteiger partial charge < -0.3 is 10.3 Å². The van der Waals surface area contributed by atoms with Gasteiger partial charge in [-0.25, -0.2) is 0 Å². The molecule has 3 aliphatic rings. The maximum absolute atomic E-state index is 7.88. The normalized spacial score (nSPS) is 21.4. The lowest BCUT2D eigenvalue weighted by Gasteiger charge is -2.38. The van der Waals surface area contributed by atoms with Gasteiger partial charge in [0.15, 0.2) is 0 Å². The zero-order valence-corrected chi connectivity index (χ0v) is 21.8. The summed E-state index contributed by atoms with van der Waals surface area (Å²) in [6.45, 7) is 4.58. The number of benzene rings is 1. The fourth-order valence-corrected chi connectivity index (χ4v) is 5.22. The molecule has 2 heterocycles. The molecule has 1 aliphatic carbocycles. The lowest BCUT2D eigenvalue weighted by molar-refractivity contribution is 0.142. The molecule has 1 atom stereocenters. The molecular weight excluding hydrogens is 428 g/mol. The minimum absolute atomic E-state index is 0.233. The maximum atomic E-state index is 7.88. The number of aliphatic imine (C=N–C) groups is 2. The van der Waals surface area contributed by atoms with Crippen molar-refractivity contribution in [2.24, 2.45) is 15.4 Å². The Labute approximate surface area is 211 Å². The number of unbranched alkanes of at least 4 members (excludes halogenated alkanes) is 1. The highest BCUT2D eigenvalue weighted by Crippen LogP contribution is 2.44. The summed E-state index contributed by atoms with van der Waals surface area (Å²) >= 11 is 0. The first-order chi connectivity index (χ1) is 16.9. The van der Waals surface area contributed by atoms with Gasteiger partial charge in [0.05, 0.1) is 11.8 Å². The Morgan fingerprint density at radius 3 is 2.71 bits per heavy atom. The van der Waals surface area contributed by atoms with Crippen LogP contribution < -0.4 is 0 Å². The van der Waals surface area contributed by atoms with E-state index < -0.39 is 0 Å². The summed E-state index contributed by atoms with van der Waals surface area (Å²) in [5.41, 5.74) is 8.35. The molecule has 0 radical (unpaired) electrons. The van der Waals surface area contributed by atoms with Crippen molar-refractivity contribution < 1.29 is 0 Å². The summed E-state index contributed by atoms with van der Waals surface area (Å²) in [7, 11) is 3.97. The van der Waals surface area contributed by atoms with Gasteiger partial charge in [0.1, 0.15) is 0 Å². The predicted octanol–water partition coefficient (Wildman–Crippen LogP) is 7.39. The van der Waals surface area contributed by atoms with Crippen LogP contribution in [0.25, 0.3) is 5.57 Å². The van der Waals surface area contributed by atoms with Crippen molar-refractivity contribution in [1.29, 1.82) is 5.41 Å². The van der Waals surface area contributed by atoms with E-state index in [9.17, 15) is 0 Å². The van der Waals surface area contributed by atoms with E-state index in [2.05, 4.69) is 61.3 Å². The van der Waals surface area contributed by atoms with Crippen LogP contribution in [0.2, 0.25) is 0 Å². The molecule has 0 bridgehead atoms. The molecule has 4 nitrogen and oxygen atoms in total. The van der Waals surface area contributed by atoms with Crippen LogP contribution in [0.3, 0.4) is 0 Å². The van der Waals surface area contributed by atoms with Crippen LogP contribution in [0.1, 0.15) is 76.3 Å². The lowest BCUT2D eigenvalue weighted by Crippen LogP contribution is -2.25. The highest BCUT2D eigenvalue weighted by atomic mass is 15.0. The molecule has 1 unspecified atom stereocenters. The van der Waals surface area contributed by atoms with Crippen LogP contribution >= 0.6 is 0 Å². The third-order valence-electron chi connectivity index (χ3n) is 7.44. The van der Waals surface area contributed by atoms with Crippen molar-refractivity contribution >= 4 is 23.7 Å². The number of rotatable bonds is 10.